The first-order chi connectivity index (χ1) is 8.69. The van der Waals surface area contributed by atoms with Crippen molar-refractivity contribution in [2.75, 3.05) is 17.2 Å². The van der Waals surface area contributed by atoms with Crippen molar-refractivity contribution < 1.29 is 4.79 Å². The Morgan fingerprint density at radius 2 is 2.28 bits per heavy atom. The molecular formula is C10H10BrN5OS. The first kappa shape index (κ1) is 12.9. The highest BCUT2D eigenvalue weighted by atomic mass is 79.9. The Kier molecular flexibility index (Phi) is 4.21. The summed E-state index contributed by atoms with van der Waals surface area (Å²) in [5.74, 6) is 0.245. The first-order valence-corrected chi connectivity index (χ1v) is 6.78. The molecule has 2 aromatic heterocycles. The molecule has 0 atom stereocenters. The van der Waals surface area contributed by atoms with Crippen molar-refractivity contribution in [1.29, 1.82) is 0 Å². The minimum Gasteiger partial charge on any atom is -0.369 e. The van der Waals surface area contributed by atoms with Gasteiger partial charge in [-0.05, 0) is 22.9 Å². The Morgan fingerprint density at radius 1 is 1.44 bits per heavy atom. The second kappa shape index (κ2) is 5.87. The van der Waals surface area contributed by atoms with Crippen LogP contribution in [0.15, 0.2) is 22.4 Å². The maximum absolute atomic E-state index is 11.9. The summed E-state index contributed by atoms with van der Waals surface area (Å²) in [6, 6.07) is 0. The lowest BCUT2D eigenvalue weighted by Crippen LogP contribution is -2.15. The molecule has 18 heavy (non-hydrogen) atoms. The van der Waals surface area contributed by atoms with Gasteiger partial charge >= 0.3 is 0 Å². The Bertz CT molecular complexity index is 559. The molecule has 8 heteroatoms. The highest BCUT2D eigenvalue weighted by molar-refractivity contribution is 9.11. The number of carbonyl (C=O) groups excluding carboxylic acids is 1. The number of anilines is 2. The van der Waals surface area contributed by atoms with Gasteiger partial charge in [0.05, 0.1) is 22.4 Å². The van der Waals surface area contributed by atoms with Crippen LogP contribution >= 0.6 is 27.3 Å². The zero-order chi connectivity index (χ0) is 13.0. The van der Waals surface area contributed by atoms with Crippen LogP contribution in [0.2, 0.25) is 0 Å². The number of amides is 1. The van der Waals surface area contributed by atoms with E-state index in [0.29, 0.717) is 10.9 Å². The average molecular weight is 328 g/mol. The third kappa shape index (κ3) is 3.23. The van der Waals surface area contributed by atoms with Crippen molar-refractivity contribution in [2.24, 2.45) is 0 Å². The van der Waals surface area contributed by atoms with E-state index in [2.05, 4.69) is 41.5 Å². The molecule has 2 aromatic rings. The summed E-state index contributed by atoms with van der Waals surface area (Å²) in [5, 5.41) is 6.17. The van der Waals surface area contributed by atoms with E-state index < -0.39 is 0 Å². The van der Waals surface area contributed by atoms with E-state index in [-0.39, 0.29) is 11.6 Å². The van der Waals surface area contributed by atoms with Gasteiger partial charge in [0.25, 0.3) is 5.91 Å². The van der Waals surface area contributed by atoms with Gasteiger partial charge in [-0.15, -0.1) is 0 Å². The zero-order valence-electron chi connectivity index (χ0n) is 9.48. The van der Waals surface area contributed by atoms with E-state index in [1.807, 2.05) is 6.92 Å². The summed E-state index contributed by atoms with van der Waals surface area (Å²) in [7, 11) is 0. The van der Waals surface area contributed by atoms with E-state index in [1.165, 1.54) is 17.5 Å². The second-order valence-corrected chi connectivity index (χ2v) is 5.65. The fraction of sp³-hybridized carbons (Fsp3) is 0.200. The zero-order valence-corrected chi connectivity index (χ0v) is 11.9. The molecule has 2 heterocycles. The molecular weight excluding hydrogens is 318 g/mol. The second-order valence-electron chi connectivity index (χ2n) is 3.24. The molecule has 94 valence electrons. The van der Waals surface area contributed by atoms with Crippen LogP contribution in [0, 0.1) is 0 Å². The number of nitrogens with one attached hydrogen (secondary N) is 2. The molecule has 0 radical (unpaired) electrons. The molecule has 2 N–H and O–H groups in total. The van der Waals surface area contributed by atoms with E-state index in [1.54, 1.807) is 12.4 Å². The van der Waals surface area contributed by atoms with Gasteiger partial charge in [-0.1, -0.05) is 11.3 Å². The molecule has 2 rings (SSSR count). The van der Waals surface area contributed by atoms with Crippen molar-refractivity contribution in [2.45, 2.75) is 6.92 Å². The molecule has 0 saturated heterocycles. The number of halogens is 1. The fourth-order valence-corrected chi connectivity index (χ4v) is 2.32. The number of nitrogens with zero attached hydrogens (tertiary/aromatic N) is 3. The maximum Gasteiger partial charge on any atom is 0.277 e. The predicted octanol–water partition coefficient (Wildman–Crippen LogP) is 2.38. The molecule has 0 saturated carbocycles. The van der Waals surface area contributed by atoms with Crippen molar-refractivity contribution in [1.82, 2.24) is 15.0 Å². The number of aromatic nitrogens is 3. The molecule has 1 amide bonds. The van der Waals surface area contributed by atoms with Crippen LogP contribution in [-0.4, -0.2) is 27.4 Å². The molecule has 0 aliphatic carbocycles. The minimum atomic E-state index is -0.330. The lowest BCUT2D eigenvalue weighted by Gasteiger charge is -2.04. The largest absolute Gasteiger partial charge is 0.369 e. The maximum atomic E-state index is 11.9. The molecule has 6 nitrogen and oxygen atoms in total. The van der Waals surface area contributed by atoms with Gasteiger partial charge in [-0.2, -0.15) is 0 Å². The molecule has 0 aromatic carbocycles. The SMILES string of the molecule is CCNc1cncc(C(=O)Nc2ncc(Br)s2)n1. The van der Waals surface area contributed by atoms with Gasteiger partial charge in [0.1, 0.15) is 11.5 Å². The van der Waals surface area contributed by atoms with Crippen LogP contribution in [0.25, 0.3) is 0 Å². The molecule has 0 bridgehead atoms. The first-order valence-electron chi connectivity index (χ1n) is 5.17. The lowest BCUT2D eigenvalue weighted by molar-refractivity contribution is 0.102. The van der Waals surface area contributed by atoms with Gasteiger partial charge in [-0.3, -0.25) is 15.1 Å². The monoisotopic (exact) mass is 327 g/mol. The Morgan fingerprint density at radius 3 is 2.94 bits per heavy atom. The van der Waals surface area contributed by atoms with Gasteiger partial charge in [-0.25, -0.2) is 9.97 Å². The van der Waals surface area contributed by atoms with Crippen molar-refractivity contribution >= 4 is 44.1 Å². The van der Waals surface area contributed by atoms with Crippen LogP contribution in [-0.2, 0) is 0 Å². The van der Waals surface area contributed by atoms with Gasteiger partial charge in [0, 0.05) is 6.54 Å². The average Bonchev–Trinajstić information content (AvgIpc) is 2.75. The number of carbonyl (C=O) groups is 1. The van der Waals surface area contributed by atoms with E-state index in [9.17, 15) is 4.79 Å². The highest BCUT2D eigenvalue weighted by Crippen LogP contribution is 2.23. The molecule has 0 aliphatic rings. The summed E-state index contributed by atoms with van der Waals surface area (Å²) >= 11 is 4.61. The molecule has 0 aliphatic heterocycles. The van der Waals surface area contributed by atoms with Crippen molar-refractivity contribution in [3.05, 3.63) is 28.1 Å². The molecule has 0 fully saturated rings. The Balaban J connectivity index is 2.11. The minimum absolute atomic E-state index is 0.250. The van der Waals surface area contributed by atoms with E-state index >= 15 is 0 Å². The Labute approximate surface area is 116 Å². The number of hydrogen-bond donors (Lipinski definition) is 2. The molecule has 0 spiro atoms. The van der Waals surface area contributed by atoms with Crippen LogP contribution in [0.1, 0.15) is 17.4 Å². The smallest absolute Gasteiger partial charge is 0.277 e. The van der Waals surface area contributed by atoms with E-state index in [0.717, 1.165) is 10.3 Å². The molecule has 0 unspecified atom stereocenters. The summed E-state index contributed by atoms with van der Waals surface area (Å²) < 4.78 is 0.852. The van der Waals surface area contributed by atoms with Crippen LogP contribution < -0.4 is 10.6 Å². The summed E-state index contributed by atoms with van der Waals surface area (Å²) in [6.45, 7) is 2.67. The number of thiazole rings is 1. The fourth-order valence-electron chi connectivity index (χ4n) is 1.22. The third-order valence-electron chi connectivity index (χ3n) is 1.92. The topological polar surface area (TPSA) is 79.8 Å². The van der Waals surface area contributed by atoms with Crippen LogP contribution in [0.3, 0.4) is 0 Å². The van der Waals surface area contributed by atoms with Gasteiger partial charge in [0.2, 0.25) is 0 Å². The van der Waals surface area contributed by atoms with Crippen molar-refractivity contribution in [3.8, 4) is 0 Å². The van der Waals surface area contributed by atoms with Crippen LogP contribution in [0.4, 0.5) is 10.9 Å². The third-order valence-corrected chi connectivity index (χ3v) is 3.31. The van der Waals surface area contributed by atoms with Crippen LogP contribution in [0.5, 0.6) is 0 Å². The summed E-state index contributed by atoms with van der Waals surface area (Å²) in [4.78, 5) is 24.0. The van der Waals surface area contributed by atoms with Gasteiger partial charge in [0.15, 0.2) is 5.13 Å². The van der Waals surface area contributed by atoms with Crippen molar-refractivity contribution in [3.63, 3.8) is 0 Å². The quantitative estimate of drug-likeness (QED) is 0.901. The summed E-state index contributed by atoms with van der Waals surface area (Å²) in [6.07, 6.45) is 4.61. The van der Waals surface area contributed by atoms with E-state index in [4.69, 9.17) is 0 Å². The summed E-state index contributed by atoms with van der Waals surface area (Å²) in [5.41, 5.74) is 0.250. The highest BCUT2D eigenvalue weighted by Gasteiger charge is 2.11. The van der Waals surface area contributed by atoms with Gasteiger partial charge < -0.3 is 5.32 Å². The standard InChI is InChI=1S/C10H10BrN5OS/c1-2-13-8-5-12-3-6(15-8)9(17)16-10-14-4-7(11)18-10/h3-5H,2H2,1H3,(H,13,15)(H,14,16,17). The predicted molar refractivity (Wildman–Crippen MR) is 74.0 cm³/mol. The lowest BCUT2D eigenvalue weighted by atomic mass is 10.4. The number of rotatable bonds is 4. The normalized spacial score (nSPS) is 10.1. The number of hydrogen-bond acceptors (Lipinski definition) is 6. The Hall–Kier alpha value is -1.54.